The van der Waals surface area contributed by atoms with Crippen LogP contribution in [-0.2, 0) is 11.2 Å². The van der Waals surface area contributed by atoms with Gasteiger partial charge in [-0.25, -0.2) is 23.1 Å². The maximum atomic E-state index is 8.49. The van der Waals surface area contributed by atoms with E-state index in [0.29, 0.717) is 0 Å². The third-order valence-corrected chi connectivity index (χ3v) is 7.52. The molecule has 0 spiro atoms. The van der Waals surface area contributed by atoms with Crippen LogP contribution in [0, 0.1) is 17.2 Å². The zero-order chi connectivity index (χ0) is 29.7. The Hall–Kier alpha value is -3.78. The Balaban J connectivity index is 0.000000652. The van der Waals surface area contributed by atoms with Gasteiger partial charge in [-0.15, -0.1) is 10.2 Å². The minimum atomic E-state index is -4.94. The van der Waals surface area contributed by atoms with E-state index in [1.54, 1.807) is 0 Å². The lowest BCUT2D eigenvalue weighted by atomic mass is 9.83. The van der Waals surface area contributed by atoms with Crippen LogP contribution >= 0.6 is 0 Å². The Morgan fingerprint density at radius 1 is 0.810 bits per heavy atom. The van der Waals surface area contributed by atoms with Crippen molar-refractivity contribution in [2.45, 2.75) is 52.4 Å². The molecule has 2 aliphatic carbocycles. The first-order chi connectivity index (χ1) is 20.2. The number of hydrogen-bond acceptors (Lipinski definition) is 5. The molecule has 0 radical (unpaired) electrons. The molecule has 1 aliphatic heterocycles. The average Bonchev–Trinajstić information content (AvgIpc) is 2.97. The van der Waals surface area contributed by atoms with E-state index in [4.69, 9.17) is 27.8 Å². The van der Waals surface area contributed by atoms with Crippen LogP contribution in [-0.4, -0.2) is 0 Å². The van der Waals surface area contributed by atoms with E-state index in [9.17, 15) is 0 Å². The molecule has 0 bridgehead atoms. The van der Waals surface area contributed by atoms with Crippen molar-refractivity contribution in [1.82, 2.24) is 0 Å². The molecule has 0 N–H and O–H groups in total. The zero-order valence-corrected chi connectivity index (χ0v) is 24.5. The van der Waals surface area contributed by atoms with Gasteiger partial charge in [0.2, 0.25) is 0 Å². The van der Waals surface area contributed by atoms with Gasteiger partial charge in [0.15, 0.2) is 0 Å². The van der Waals surface area contributed by atoms with Crippen molar-refractivity contribution in [1.29, 1.82) is 0 Å². The second-order valence-electron chi connectivity index (χ2n) is 10.6. The van der Waals surface area contributed by atoms with Crippen molar-refractivity contribution in [3.8, 4) is 11.3 Å². The molecule has 0 unspecified atom stereocenters. The lowest BCUT2D eigenvalue weighted by Crippen LogP contribution is -2.68. The summed E-state index contributed by atoms with van der Waals surface area (Å²) in [5.74, 6) is 3.96. The Bertz CT molecular complexity index is 1590. The Morgan fingerprint density at radius 3 is 2.14 bits per heavy atom. The molecule has 2 aromatic carbocycles. The number of rotatable bonds is 4. The molecular formula is C35H33ClO6. The van der Waals surface area contributed by atoms with Gasteiger partial charge in [-0.1, -0.05) is 66.8 Å². The molecule has 0 saturated heterocycles. The fraction of sp³-hybridized carbons (Fsp3) is 0.229. The fourth-order valence-electron chi connectivity index (χ4n) is 5.85. The van der Waals surface area contributed by atoms with Crippen LogP contribution < -0.4 is 18.6 Å². The number of halogens is 1. The summed E-state index contributed by atoms with van der Waals surface area (Å²) in [4.78, 5) is 0. The first-order valence-electron chi connectivity index (χ1n) is 14.1. The van der Waals surface area contributed by atoms with Gasteiger partial charge in [-0.2, -0.15) is 0 Å². The number of fused-ring (bicyclic) bond motifs is 2. The molecule has 0 atom stereocenters. The summed E-state index contributed by atoms with van der Waals surface area (Å²) in [7, 11) is -4.94. The Labute approximate surface area is 248 Å². The lowest BCUT2D eigenvalue weighted by Gasteiger charge is -2.27. The highest BCUT2D eigenvalue weighted by molar-refractivity contribution is 5.77. The minimum absolute atomic E-state index is 0.956. The van der Waals surface area contributed by atoms with Gasteiger partial charge in [0.05, 0.1) is 18.1 Å². The Kier molecular flexibility index (Phi) is 9.21. The third kappa shape index (κ3) is 7.34. The minimum Gasteiger partial charge on any atom is -0.461 e. The largest absolute Gasteiger partial charge is 0.461 e. The number of aryl methyl sites for hydroxylation is 1. The van der Waals surface area contributed by atoms with E-state index in [0.717, 1.165) is 72.7 Å². The number of ether oxygens (including phenoxy) is 1. The number of allylic oxidation sites excluding steroid dienone is 9. The lowest BCUT2D eigenvalue weighted by molar-refractivity contribution is -2.00. The van der Waals surface area contributed by atoms with Crippen molar-refractivity contribution in [2.75, 3.05) is 0 Å². The first kappa shape index (κ1) is 29.7. The molecule has 3 aliphatic rings. The van der Waals surface area contributed by atoms with Crippen LogP contribution in [0.2, 0.25) is 0 Å². The summed E-state index contributed by atoms with van der Waals surface area (Å²) in [5.41, 5.74) is 10.5. The first-order valence-corrected chi connectivity index (χ1v) is 15.3. The van der Waals surface area contributed by atoms with E-state index < -0.39 is 10.2 Å². The SMILES string of the molecule is CC1=CC2=C(/C=C/C=C3\CCCc4c3cc(C)[o+]c4-c3ccccc3)CCCC2=C(c2ccccc2)O1.[O-][Cl+3]([O-])([O-])[O-]. The van der Waals surface area contributed by atoms with Gasteiger partial charge < -0.3 is 4.74 Å². The van der Waals surface area contributed by atoms with Crippen molar-refractivity contribution in [2.24, 2.45) is 0 Å². The van der Waals surface area contributed by atoms with E-state index in [-0.39, 0.29) is 0 Å². The van der Waals surface area contributed by atoms with Gasteiger partial charge in [-0.3, -0.25) is 0 Å². The summed E-state index contributed by atoms with van der Waals surface area (Å²) < 4.78 is 46.5. The van der Waals surface area contributed by atoms with E-state index in [1.807, 2.05) is 0 Å². The molecule has 6 rings (SSSR count). The average molecular weight is 585 g/mol. The molecule has 0 fully saturated rings. The summed E-state index contributed by atoms with van der Waals surface area (Å²) in [5, 5.41) is 0. The molecular weight excluding hydrogens is 552 g/mol. The quantitative estimate of drug-likeness (QED) is 0.404. The maximum absolute atomic E-state index is 8.49. The summed E-state index contributed by atoms with van der Waals surface area (Å²) >= 11 is 0. The maximum Gasteiger partial charge on any atom is 0.363 e. The molecule has 7 heteroatoms. The van der Waals surface area contributed by atoms with E-state index >= 15 is 0 Å². The number of benzene rings is 2. The van der Waals surface area contributed by atoms with Gasteiger partial charge >= 0.3 is 11.5 Å². The van der Waals surface area contributed by atoms with E-state index in [2.05, 4.69) is 105 Å². The molecule has 6 nitrogen and oxygen atoms in total. The summed E-state index contributed by atoms with van der Waals surface area (Å²) in [6.07, 6.45) is 15.7. The molecule has 1 aromatic heterocycles. The fourth-order valence-corrected chi connectivity index (χ4v) is 5.85. The van der Waals surface area contributed by atoms with Crippen LogP contribution in [0.5, 0.6) is 0 Å². The molecule has 216 valence electrons. The van der Waals surface area contributed by atoms with Crippen LogP contribution in [0.1, 0.15) is 61.5 Å². The molecule has 0 amide bonds. The predicted molar refractivity (Wildman–Crippen MR) is 152 cm³/mol. The monoisotopic (exact) mass is 584 g/mol. The van der Waals surface area contributed by atoms with Crippen molar-refractivity contribution >= 4 is 11.3 Å². The molecule has 0 saturated carbocycles. The summed E-state index contributed by atoms with van der Waals surface area (Å²) in [6, 6.07) is 23.2. The van der Waals surface area contributed by atoms with Crippen molar-refractivity contribution in [3.05, 3.63) is 136 Å². The highest BCUT2D eigenvalue weighted by Gasteiger charge is 2.28. The smallest absolute Gasteiger partial charge is 0.363 e. The van der Waals surface area contributed by atoms with E-state index in [1.165, 1.54) is 33.4 Å². The highest BCUT2D eigenvalue weighted by atomic mass is 35.7. The van der Waals surface area contributed by atoms with Gasteiger partial charge in [-0.05, 0) is 85.9 Å². The summed E-state index contributed by atoms with van der Waals surface area (Å²) in [6.45, 7) is 4.11. The van der Waals surface area contributed by atoms with Gasteiger partial charge in [0, 0.05) is 17.2 Å². The van der Waals surface area contributed by atoms with Crippen LogP contribution in [0.25, 0.3) is 22.7 Å². The van der Waals surface area contributed by atoms with Crippen LogP contribution in [0.15, 0.2) is 118 Å². The van der Waals surface area contributed by atoms with Crippen LogP contribution in [0.4, 0.5) is 0 Å². The highest BCUT2D eigenvalue weighted by Crippen LogP contribution is 2.42. The van der Waals surface area contributed by atoms with Crippen molar-refractivity contribution < 1.29 is 38.0 Å². The topological polar surface area (TPSA) is 113 Å². The van der Waals surface area contributed by atoms with Crippen molar-refractivity contribution in [3.63, 3.8) is 0 Å². The molecule has 3 aromatic rings. The van der Waals surface area contributed by atoms with Gasteiger partial charge in [0.1, 0.15) is 11.5 Å². The Morgan fingerprint density at radius 2 is 1.45 bits per heavy atom. The van der Waals surface area contributed by atoms with Crippen LogP contribution in [0.3, 0.4) is 0 Å². The zero-order valence-electron chi connectivity index (χ0n) is 23.7. The second kappa shape index (κ2) is 13.0. The van der Waals surface area contributed by atoms with Gasteiger partial charge in [0.25, 0.3) is 0 Å². The predicted octanol–water partition coefficient (Wildman–Crippen LogP) is 4.88. The normalized spacial score (nSPS) is 17.8. The third-order valence-electron chi connectivity index (χ3n) is 7.52. The molecule has 42 heavy (non-hydrogen) atoms. The second-order valence-corrected chi connectivity index (χ2v) is 11.3. The molecule has 2 heterocycles. The standard InChI is InChI=1S/C35H33O2.ClHO4/c1-24-22-32-26(18-10-20-30(32)34(36-24)28-12-5-3-6-13-28)16-9-17-27-19-11-21-31-33(27)23-25(2)37-35(31)29-14-7-4-8-15-29;2-1(3,4)5/h3-9,12-17,22-23H,10-11,18-21H2,1-2H3;(H,2,3,4,5)/q+1;/p-1. The number of hydrogen-bond donors (Lipinski definition) is 0.